The molecule has 4 nitrogen and oxygen atoms in total. The van der Waals surface area contributed by atoms with Crippen LogP contribution in [0.1, 0.15) is 17.7 Å². The fraction of sp³-hybridized carbons (Fsp3) is 0.190. The topological polar surface area (TPSA) is 50.3 Å². The van der Waals surface area contributed by atoms with Gasteiger partial charge in [0.05, 0.1) is 22.0 Å². The van der Waals surface area contributed by atoms with Crippen molar-refractivity contribution in [3.63, 3.8) is 0 Å². The minimum atomic E-state index is -3.60. The van der Waals surface area contributed by atoms with Crippen LogP contribution in [0.4, 0.5) is 5.69 Å². The second kappa shape index (κ2) is 7.09. The highest BCUT2D eigenvalue weighted by molar-refractivity contribution is 9.10. The summed E-state index contributed by atoms with van der Waals surface area (Å²) >= 11 is 3.44. The zero-order chi connectivity index (χ0) is 19.0. The number of anilines is 1. The first kappa shape index (κ1) is 18.2. The third-order valence-corrected chi connectivity index (χ3v) is 7.30. The summed E-state index contributed by atoms with van der Waals surface area (Å²) in [4.78, 5) is 5.13. The summed E-state index contributed by atoms with van der Waals surface area (Å²) in [6, 6.07) is 18.9. The summed E-state index contributed by atoms with van der Waals surface area (Å²) in [5.74, 6) is 0. The Bertz CT molecular complexity index is 1100. The summed E-state index contributed by atoms with van der Waals surface area (Å²) in [6.07, 6.45) is 1.54. The van der Waals surface area contributed by atoms with Crippen molar-refractivity contribution in [2.24, 2.45) is 0 Å². The van der Waals surface area contributed by atoms with Crippen LogP contribution >= 0.6 is 15.9 Å². The molecule has 0 spiro atoms. The van der Waals surface area contributed by atoms with Crippen molar-refractivity contribution in [3.8, 4) is 11.3 Å². The fourth-order valence-corrected chi connectivity index (χ4v) is 5.43. The molecule has 6 heteroatoms. The van der Waals surface area contributed by atoms with E-state index in [0.29, 0.717) is 17.1 Å². The molecule has 1 aliphatic heterocycles. The molecular formula is C21H19BrN2O2S. The molecule has 1 aliphatic rings. The number of pyridine rings is 1. The molecule has 0 saturated heterocycles. The summed E-state index contributed by atoms with van der Waals surface area (Å²) in [7, 11) is -3.60. The van der Waals surface area contributed by atoms with Crippen molar-refractivity contribution < 1.29 is 8.42 Å². The van der Waals surface area contributed by atoms with Gasteiger partial charge in [-0.1, -0.05) is 46.3 Å². The van der Waals surface area contributed by atoms with Crippen molar-refractivity contribution >= 4 is 31.6 Å². The zero-order valence-electron chi connectivity index (χ0n) is 14.9. The lowest BCUT2D eigenvalue weighted by Crippen LogP contribution is -2.36. The number of nitrogens with zero attached hydrogens (tertiary/aromatic N) is 2. The van der Waals surface area contributed by atoms with E-state index in [9.17, 15) is 8.42 Å². The Kier molecular flexibility index (Phi) is 4.78. The van der Waals surface area contributed by atoms with Gasteiger partial charge in [0.1, 0.15) is 0 Å². The molecule has 0 unspecified atom stereocenters. The van der Waals surface area contributed by atoms with Crippen LogP contribution in [0.2, 0.25) is 0 Å². The lowest BCUT2D eigenvalue weighted by atomic mass is 10.1. The number of sulfonamides is 1. The van der Waals surface area contributed by atoms with E-state index in [1.807, 2.05) is 55.5 Å². The Hall–Kier alpha value is -2.18. The molecule has 1 aromatic heterocycles. The van der Waals surface area contributed by atoms with Gasteiger partial charge in [-0.25, -0.2) is 8.42 Å². The molecule has 27 heavy (non-hydrogen) atoms. The predicted octanol–water partition coefficient (Wildman–Crippen LogP) is 4.96. The maximum Gasteiger partial charge on any atom is 0.264 e. The van der Waals surface area contributed by atoms with Gasteiger partial charge in [-0.05, 0) is 55.7 Å². The van der Waals surface area contributed by atoms with E-state index in [1.165, 1.54) is 4.31 Å². The third-order valence-electron chi connectivity index (χ3n) is 4.80. The van der Waals surface area contributed by atoms with E-state index in [0.717, 1.165) is 39.8 Å². The minimum Gasteiger partial charge on any atom is -0.264 e. The molecule has 0 saturated carbocycles. The van der Waals surface area contributed by atoms with Gasteiger partial charge in [0.15, 0.2) is 0 Å². The third kappa shape index (κ3) is 3.39. The van der Waals surface area contributed by atoms with Gasteiger partial charge in [-0.15, -0.1) is 0 Å². The van der Waals surface area contributed by atoms with Crippen LogP contribution in [-0.2, 0) is 16.4 Å². The Morgan fingerprint density at radius 2 is 1.74 bits per heavy atom. The molecule has 0 bridgehead atoms. The van der Waals surface area contributed by atoms with Gasteiger partial charge in [0.2, 0.25) is 0 Å². The van der Waals surface area contributed by atoms with Crippen LogP contribution in [0, 0.1) is 6.92 Å². The maximum absolute atomic E-state index is 13.3. The van der Waals surface area contributed by atoms with Crippen LogP contribution in [-0.4, -0.2) is 19.9 Å². The molecule has 3 aromatic rings. The van der Waals surface area contributed by atoms with E-state index >= 15 is 0 Å². The van der Waals surface area contributed by atoms with Gasteiger partial charge in [0, 0.05) is 16.6 Å². The van der Waals surface area contributed by atoms with Gasteiger partial charge in [0.25, 0.3) is 10.0 Å². The zero-order valence-corrected chi connectivity index (χ0v) is 17.3. The van der Waals surface area contributed by atoms with E-state index in [2.05, 4.69) is 15.9 Å². The van der Waals surface area contributed by atoms with Gasteiger partial charge in [-0.2, -0.15) is 0 Å². The Morgan fingerprint density at radius 1 is 1.00 bits per heavy atom. The number of halogens is 1. The van der Waals surface area contributed by atoms with E-state index < -0.39 is 10.0 Å². The highest BCUT2D eigenvalue weighted by Gasteiger charge is 2.30. The second-order valence-electron chi connectivity index (χ2n) is 6.62. The van der Waals surface area contributed by atoms with Crippen LogP contribution in [0.5, 0.6) is 0 Å². The average molecular weight is 443 g/mol. The van der Waals surface area contributed by atoms with E-state index in [4.69, 9.17) is 4.98 Å². The second-order valence-corrected chi connectivity index (χ2v) is 9.36. The molecule has 2 aromatic carbocycles. The lowest BCUT2D eigenvalue weighted by Gasteiger charge is -2.30. The first-order valence-electron chi connectivity index (χ1n) is 8.81. The number of aromatic nitrogens is 1. The number of benzene rings is 2. The number of fused-ring (bicyclic) bond motifs is 1. The molecular weight excluding hydrogens is 424 g/mol. The monoisotopic (exact) mass is 442 g/mol. The minimum absolute atomic E-state index is 0.356. The average Bonchev–Trinajstić information content (AvgIpc) is 2.68. The van der Waals surface area contributed by atoms with Crippen LogP contribution in [0.3, 0.4) is 0 Å². The van der Waals surface area contributed by atoms with Crippen molar-refractivity contribution in [2.45, 2.75) is 24.7 Å². The Morgan fingerprint density at radius 3 is 2.48 bits per heavy atom. The van der Waals surface area contributed by atoms with E-state index in [1.54, 1.807) is 12.1 Å². The highest BCUT2D eigenvalue weighted by atomic mass is 79.9. The SMILES string of the molecule is Cc1ccccc1S(=O)(=O)N1CCCc2nc(-c3ccc(Br)cc3)ccc21. The smallest absolute Gasteiger partial charge is 0.264 e. The molecule has 2 heterocycles. The number of aryl methyl sites for hydroxylation is 2. The number of hydrogen-bond donors (Lipinski definition) is 0. The van der Waals surface area contributed by atoms with E-state index in [-0.39, 0.29) is 0 Å². The number of rotatable bonds is 3. The van der Waals surface area contributed by atoms with Gasteiger partial charge >= 0.3 is 0 Å². The fourth-order valence-electron chi connectivity index (χ4n) is 3.41. The summed E-state index contributed by atoms with van der Waals surface area (Å²) in [6.45, 7) is 2.30. The Labute approximate surface area is 168 Å². The van der Waals surface area contributed by atoms with Crippen LogP contribution in [0.15, 0.2) is 70.0 Å². The molecule has 138 valence electrons. The normalized spacial score (nSPS) is 14.1. The molecule has 0 atom stereocenters. The van der Waals surface area contributed by atoms with Crippen molar-refractivity contribution in [2.75, 3.05) is 10.8 Å². The van der Waals surface area contributed by atoms with Gasteiger partial charge < -0.3 is 0 Å². The van der Waals surface area contributed by atoms with Crippen molar-refractivity contribution in [3.05, 3.63) is 76.4 Å². The summed E-state index contributed by atoms with van der Waals surface area (Å²) in [5, 5.41) is 0. The largest absolute Gasteiger partial charge is 0.264 e. The first-order valence-corrected chi connectivity index (χ1v) is 11.0. The van der Waals surface area contributed by atoms with Crippen molar-refractivity contribution in [1.29, 1.82) is 0 Å². The van der Waals surface area contributed by atoms with Crippen molar-refractivity contribution in [1.82, 2.24) is 4.98 Å². The first-order chi connectivity index (χ1) is 13.0. The molecule has 4 rings (SSSR count). The molecule has 0 N–H and O–H groups in total. The standard InChI is InChI=1S/C21H19BrN2O2S/c1-15-5-2-3-7-21(15)27(25,26)24-14-4-6-19-20(24)13-12-18(23-19)16-8-10-17(22)11-9-16/h2-3,5,7-13H,4,6,14H2,1H3. The summed E-state index contributed by atoms with van der Waals surface area (Å²) in [5.41, 5.74) is 4.14. The Balaban J connectivity index is 1.76. The predicted molar refractivity (Wildman–Crippen MR) is 111 cm³/mol. The van der Waals surface area contributed by atoms with Gasteiger partial charge in [-0.3, -0.25) is 9.29 Å². The molecule has 0 aliphatic carbocycles. The number of hydrogen-bond acceptors (Lipinski definition) is 3. The summed E-state index contributed by atoms with van der Waals surface area (Å²) < 4.78 is 29.0. The lowest BCUT2D eigenvalue weighted by molar-refractivity contribution is 0.585. The van der Waals surface area contributed by atoms with Crippen LogP contribution in [0.25, 0.3) is 11.3 Å². The quantitative estimate of drug-likeness (QED) is 0.575. The molecule has 0 fully saturated rings. The molecule has 0 amide bonds. The highest BCUT2D eigenvalue weighted by Crippen LogP contribution is 2.33. The van der Waals surface area contributed by atoms with Crippen LogP contribution < -0.4 is 4.31 Å². The molecule has 0 radical (unpaired) electrons. The maximum atomic E-state index is 13.3.